The molecule has 0 aromatic carbocycles. The third kappa shape index (κ3) is 2.17. The van der Waals surface area contributed by atoms with E-state index in [0.717, 1.165) is 6.42 Å². The highest BCUT2D eigenvalue weighted by molar-refractivity contribution is 4.88. The lowest BCUT2D eigenvalue weighted by Crippen LogP contribution is -2.52. The van der Waals surface area contributed by atoms with E-state index >= 15 is 0 Å². The molecule has 11 heavy (non-hydrogen) atoms. The van der Waals surface area contributed by atoms with Crippen LogP contribution >= 0.6 is 0 Å². The molecule has 0 aromatic rings. The van der Waals surface area contributed by atoms with Crippen molar-refractivity contribution in [1.82, 2.24) is 5.32 Å². The highest BCUT2D eigenvalue weighted by atomic mass is 16.3. The van der Waals surface area contributed by atoms with E-state index < -0.39 is 0 Å². The van der Waals surface area contributed by atoms with E-state index in [9.17, 15) is 0 Å². The lowest BCUT2D eigenvalue weighted by Gasteiger charge is -2.37. The van der Waals surface area contributed by atoms with Gasteiger partial charge in [0.25, 0.3) is 0 Å². The zero-order valence-electron chi connectivity index (χ0n) is 7.56. The largest absolute Gasteiger partial charge is 0.394 e. The molecule has 2 N–H and O–H groups in total. The van der Waals surface area contributed by atoms with Crippen molar-refractivity contribution in [3.8, 4) is 0 Å². The molecule has 0 heterocycles. The van der Waals surface area contributed by atoms with Gasteiger partial charge in [0.1, 0.15) is 0 Å². The lowest BCUT2D eigenvalue weighted by atomic mass is 9.89. The monoisotopic (exact) mass is 157 g/mol. The molecule has 2 nitrogen and oxygen atoms in total. The highest BCUT2D eigenvalue weighted by Crippen LogP contribution is 2.22. The van der Waals surface area contributed by atoms with Crippen molar-refractivity contribution in [3.05, 3.63) is 0 Å². The van der Waals surface area contributed by atoms with Crippen LogP contribution in [0.1, 0.15) is 39.5 Å². The average molecular weight is 157 g/mol. The summed E-state index contributed by atoms with van der Waals surface area (Å²) in [5, 5.41) is 12.6. The normalized spacial score (nSPS) is 24.3. The van der Waals surface area contributed by atoms with Crippen LogP contribution in [0.5, 0.6) is 0 Å². The van der Waals surface area contributed by atoms with E-state index in [1.807, 2.05) is 0 Å². The van der Waals surface area contributed by atoms with Gasteiger partial charge in [-0.3, -0.25) is 0 Å². The van der Waals surface area contributed by atoms with E-state index in [4.69, 9.17) is 5.11 Å². The molecule has 0 aliphatic heterocycles. The molecule has 1 unspecified atom stereocenters. The number of hydrogen-bond donors (Lipinski definition) is 2. The first-order valence-electron chi connectivity index (χ1n) is 4.59. The smallest absolute Gasteiger partial charge is 0.0610 e. The summed E-state index contributed by atoms with van der Waals surface area (Å²) in [6.45, 7) is 4.45. The van der Waals surface area contributed by atoms with Gasteiger partial charge < -0.3 is 10.4 Å². The SMILES string of the molecule is CCC(C)(CO)NC1CCC1. The summed E-state index contributed by atoms with van der Waals surface area (Å²) >= 11 is 0. The molecule has 0 spiro atoms. The van der Waals surface area contributed by atoms with Crippen molar-refractivity contribution in [2.45, 2.75) is 51.1 Å². The molecule has 0 aromatic heterocycles. The second-order valence-corrected chi connectivity index (χ2v) is 3.84. The molecule has 0 bridgehead atoms. The van der Waals surface area contributed by atoms with Crippen LogP contribution in [0.15, 0.2) is 0 Å². The average Bonchev–Trinajstić information content (AvgIpc) is 1.97. The Hall–Kier alpha value is -0.0800. The Morgan fingerprint density at radius 1 is 1.55 bits per heavy atom. The minimum Gasteiger partial charge on any atom is -0.394 e. The van der Waals surface area contributed by atoms with Crippen LogP contribution in [-0.4, -0.2) is 23.3 Å². The van der Waals surface area contributed by atoms with Gasteiger partial charge in [-0.15, -0.1) is 0 Å². The molecule has 1 aliphatic rings. The fraction of sp³-hybridized carbons (Fsp3) is 1.00. The third-order valence-corrected chi connectivity index (χ3v) is 2.79. The number of aliphatic hydroxyl groups excluding tert-OH is 1. The highest BCUT2D eigenvalue weighted by Gasteiger charge is 2.27. The van der Waals surface area contributed by atoms with Crippen molar-refractivity contribution in [2.75, 3.05) is 6.61 Å². The lowest BCUT2D eigenvalue weighted by molar-refractivity contribution is 0.137. The number of aliphatic hydroxyl groups is 1. The van der Waals surface area contributed by atoms with Crippen LogP contribution in [0, 0.1) is 0 Å². The van der Waals surface area contributed by atoms with Crippen molar-refractivity contribution in [1.29, 1.82) is 0 Å². The molecule has 1 rings (SSSR count). The summed E-state index contributed by atoms with van der Waals surface area (Å²) < 4.78 is 0. The molecular formula is C9H19NO. The molecule has 1 aliphatic carbocycles. The quantitative estimate of drug-likeness (QED) is 0.644. The van der Waals surface area contributed by atoms with Gasteiger partial charge in [-0.1, -0.05) is 13.3 Å². The molecule has 1 fully saturated rings. The van der Waals surface area contributed by atoms with Gasteiger partial charge in [0.05, 0.1) is 6.61 Å². The van der Waals surface area contributed by atoms with Crippen LogP contribution in [0.4, 0.5) is 0 Å². The summed E-state index contributed by atoms with van der Waals surface area (Å²) in [5.41, 5.74) is -0.0366. The molecule has 1 saturated carbocycles. The Morgan fingerprint density at radius 3 is 2.45 bits per heavy atom. The van der Waals surface area contributed by atoms with E-state index in [1.54, 1.807) is 0 Å². The Bertz CT molecular complexity index is 117. The van der Waals surface area contributed by atoms with E-state index in [0.29, 0.717) is 6.04 Å². The maximum absolute atomic E-state index is 9.09. The second-order valence-electron chi connectivity index (χ2n) is 3.84. The van der Waals surface area contributed by atoms with E-state index in [1.165, 1.54) is 19.3 Å². The van der Waals surface area contributed by atoms with Gasteiger partial charge in [-0.2, -0.15) is 0 Å². The van der Waals surface area contributed by atoms with Crippen molar-refractivity contribution in [3.63, 3.8) is 0 Å². The van der Waals surface area contributed by atoms with Gasteiger partial charge in [-0.25, -0.2) is 0 Å². The summed E-state index contributed by atoms with van der Waals surface area (Å²) in [5.74, 6) is 0. The molecular weight excluding hydrogens is 138 g/mol. The van der Waals surface area contributed by atoms with Crippen LogP contribution in [0.2, 0.25) is 0 Å². The zero-order chi connectivity index (χ0) is 8.32. The fourth-order valence-corrected chi connectivity index (χ4v) is 1.30. The van der Waals surface area contributed by atoms with Gasteiger partial charge in [0.15, 0.2) is 0 Å². The minimum atomic E-state index is -0.0366. The van der Waals surface area contributed by atoms with Crippen molar-refractivity contribution >= 4 is 0 Å². The summed E-state index contributed by atoms with van der Waals surface area (Å²) in [7, 11) is 0. The number of hydrogen-bond acceptors (Lipinski definition) is 2. The predicted molar refractivity (Wildman–Crippen MR) is 46.6 cm³/mol. The summed E-state index contributed by atoms with van der Waals surface area (Å²) in [4.78, 5) is 0. The van der Waals surface area contributed by atoms with E-state index in [-0.39, 0.29) is 12.1 Å². The molecule has 2 heteroatoms. The summed E-state index contributed by atoms with van der Waals surface area (Å²) in [6.07, 6.45) is 4.92. The fourth-order valence-electron chi connectivity index (χ4n) is 1.30. The van der Waals surface area contributed by atoms with Gasteiger partial charge in [0, 0.05) is 11.6 Å². The molecule has 0 radical (unpaired) electrons. The predicted octanol–water partition coefficient (Wildman–Crippen LogP) is 1.29. The van der Waals surface area contributed by atoms with Crippen molar-refractivity contribution in [2.24, 2.45) is 0 Å². The summed E-state index contributed by atoms with van der Waals surface area (Å²) in [6, 6.07) is 0.673. The topological polar surface area (TPSA) is 32.3 Å². The zero-order valence-corrected chi connectivity index (χ0v) is 7.56. The van der Waals surface area contributed by atoms with Gasteiger partial charge in [-0.05, 0) is 26.2 Å². The maximum Gasteiger partial charge on any atom is 0.0610 e. The Balaban J connectivity index is 2.29. The van der Waals surface area contributed by atoms with Gasteiger partial charge >= 0.3 is 0 Å². The molecule has 1 atom stereocenters. The Labute approximate surface area is 69.0 Å². The van der Waals surface area contributed by atoms with Crippen molar-refractivity contribution < 1.29 is 5.11 Å². The Kier molecular flexibility index (Phi) is 2.90. The minimum absolute atomic E-state index is 0.0366. The van der Waals surface area contributed by atoms with Crippen LogP contribution < -0.4 is 5.32 Å². The first-order valence-corrected chi connectivity index (χ1v) is 4.59. The third-order valence-electron chi connectivity index (χ3n) is 2.79. The molecule has 0 amide bonds. The number of nitrogens with one attached hydrogen (secondary N) is 1. The number of rotatable bonds is 4. The standard InChI is InChI=1S/C9H19NO/c1-3-9(2,7-11)10-8-5-4-6-8/h8,10-11H,3-7H2,1-2H3. The van der Waals surface area contributed by atoms with Crippen LogP contribution in [0.25, 0.3) is 0 Å². The first-order chi connectivity index (χ1) is 5.20. The molecule has 66 valence electrons. The van der Waals surface area contributed by atoms with Crippen LogP contribution in [-0.2, 0) is 0 Å². The second kappa shape index (κ2) is 3.55. The first kappa shape index (κ1) is 9.01. The maximum atomic E-state index is 9.09. The molecule has 0 saturated heterocycles. The Morgan fingerprint density at radius 2 is 2.18 bits per heavy atom. The van der Waals surface area contributed by atoms with Gasteiger partial charge in [0.2, 0.25) is 0 Å². The van der Waals surface area contributed by atoms with E-state index in [2.05, 4.69) is 19.2 Å². The van der Waals surface area contributed by atoms with Crippen LogP contribution in [0.3, 0.4) is 0 Å².